The van der Waals surface area contributed by atoms with Crippen LogP contribution in [-0.2, 0) is 4.79 Å². The summed E-state index contributed by atoms with van der Waals surface area (Å²) in [7, 11) is 0. The lowest BCUT2D eigenvalue weighted by molar-refractivity contribution is -0.113. The molecule has 1 amide bonds. The van der Waals surface area contributed by atoms with Crippen LogP contribution in [0.15, 0.2) is 69.0 Å². The number of hydrogen-bond donors (Lipinski definition) is 0. The van der Waals surface area contributed by atoms with Crippen LogP contribution >= 0.6 is 27.7 Å². The van der Waals surface area contributed by atoms with Crippen molar-refractivity contribution in [2.75, 3.05) is 11.5 Å². The first kappa shape index (κ1) is 24.3. The molecule has 3 aromatic rings. The highest BCUT2D eigenvalue weighted by atomic mass is 79.9. The number of benzene rings is 3. The van der Waals surface area contributed by atoms with Crippen molar-refractivity contribution < 1.29 is 9.53 Å². The highest BCUT2D eigenvalue weighted by Crippen LogP contribution is 2.39. The van der Waals surface area contributed by atoms with Gasteiger partial charge in [-0.25, -0.2) is 4.99 Å². The normalized spacial score (nSPS) is 16.1. The summed E-state index contributed by atoms with van der Waals surface area (Å²) in [5.74, 6) is 0.641. The third-order valence-electron chi connectivity index (χ3n) is 5.83. The monoisotopic (exact) mass is 534 g/mol. The highest BCUT2D eigenvalue weighted by molar-refractivity contribution is 9.10. The fourth-order valence-electron chi connectivity index (χ4n) is 3.61. The van der Waals surface area contributed by atoms with Gasteiger partial charge in [-0.15, -0.1) is 0 Å². The number of carbonyl (C=O) groups is 1. The quantitative estimate of drug-likeness (QED) is 0.312. The maximum absolute atomic E-state index is 13.7. The van der Waals surface area contributed by atoms with Gasteiger partial charge in [0.15, 0.2) is 5.17 Å². The van der Waals surface area contributed by atoms with Gasteiger partial charge in [0, 0.05) is 10.0 Å². The lowest BCUT2D eigenvalue weighted by Gasteiger charge is -2.17. The van der Waals surface area contributed by atoms with Crippen molar-refractivity contribution in [3.63, 3.8) is 0 Å². The molecule has 0 bridgehead atoms. The van der Waals surface area contributed by atoms with E-state index in [0.29, 0.717) is 16.7 Å². The number of hydrogen-bond acceptors (Lipinski definition) is 4. The minimum atomic E-state index is -0.0988. The number of nitrogens with zero attached hydrogens (tertiary/aromatic N) is 2. The summed E-state index contributed by atoms with van der Waals surface area (Å²) in [5.41, 5.74) is 7.17. The number of aliphatic imine (C=N–C) groups is 1. The van der Waals surface area contributed by atoms with Crippen molar-refractivity contribution in [1.82, 2.24) is 0 Å². The Hall–Kier alpha value is -2.83. The predicted octanol–water partition coefficient (Wildman–Crippen LogP) is 7.89. The molecule has 1 saturated heterocycles. The molecule has 4 nitrogen and oxygen atoms in total. The number of amidine groups is 1. The Labute approximate surface area is 213 Å². The first-order valence-corrected chi connectivity index (χ1v) is 12.8. The van der Waals surface area contributed by atoms with E-state index < -0.39 is 0 Å². The highest BCUT2D eigenvalue weighted by Gasteiger charge is 2.35. The number of thioether (sulfide) groups is 1. The molecule has 174 valence electrons. The molecule has 34 heavy (non-hydrogen) atoms. The average Bonchev–Trinajstić information content (AvgIpc) is 3.09. The Bertz CT molecular complexity index is 1330. The topological polar surface area (TPSA) is 41.9 Å². The van der Waals surface area contributed by atoms with Gasteiger partial charge in [0.05, 0.1) is 22.9 Å². The first-order chi connectivity index (χ1) is 16.3. The van der Waals surface area contributed by atoms with Crippen LogP contribution in [0, 0.1) is 27.7 Å². The zero-order valence-corrected chi connectivity index (χ0v) is 22.4. The summed E-state index contributed by atoms with van der Waals surface area (Å²) < 4.78 is 6.72. The second-order valence-electron chi connectivity index (χ2n) is 8.30. The second kappa shape index (κ2) is 10.2. The van der Waals surface area contributed by atoms with E-state index in [-0.39, 0.29) is 5.91 Å². The molecule has 6 heteroatoms. The van der Waals surface area contributed by atoms with Gasteiger partial charge in [-0.2, -0.15) is 0 Å². The molecule has 3 aromatic carbocycles. The van der Waals surface area contributed by atoms with Crippen LogP contribution in [0.1, 0.15) is 34.7 Å². The molecule has 1 heterocycles. The predicted molar refractivity (Wildman–Crippen MR) is 147 cm³/mol. The van der Waals surface area contributed by atoms with E-state index in [1.807, 2.05) is 55.5 Å². The molecule has 0 aliphatic carbocycles. The molecule has 0 N–H and O–H groups in total. The number of aryl methyl sites for hydroxylation is 4. The van der Waals surface area contributed by atoms with E-state index in [1.165, 1.54) is 28.5 Å². The number of carbonyl (C=O) groups excluding carboxylic acids is 1. The van der Waals surface area contributed by atoms with Gasteiger partial charge in [-0.05, 0) is 117 Å². The van der Waals surface area contributed by atoms with Gasteiger partial charge in [-0.1, -0.05) is 28.1 Å². The number of rotatable bonds is 5. The molecule has 4 rings (SSSR count). The van der Waals surface area contributed by atoms with Crippen LogP contribution in [-0.4, -0.2) is 17.7 Å². The lowest BCUT2D eigenvalue weighted by atomic mass is 10.1. The third-order valence-corrected chi connectivity index (χ3v) is 7.29. The van der Waals surface area contributed by atoms with Crippen LogP contribution in [0.3, 0.4) is 0 Å². The van der Waals surface area contributed by atoms with E-state index in [1.54, 1.807) is 4.90 Å². The molecule has 0 unspecified atom stereocenters. The minimum Gasteiger partial charge on any atom is -0.493 e. The molecule has 0 spiro atoms. The zero-order valence-electron chi connectivity index (χ0n) is 20.0. The number of anilines is 1. The van der Waals surface area contributed by atoms with Crippen molar-refractivity contribution in [2.24, 2.45) is 4.99 Å². The number of ether oxygens (including phenoxy) is 1. The van der Waals surface area contributed by atoms with Gasteiger partial charge < -0.3 is 4.74 Å². The van der Waals surface area contributed by atoms with Gasteiger partial charge in [-0.3, -0.25) is 9.69 Å². The Morgan fingerprint density at radius 3 is 2.32 bits per heavy atom. The fraction of sp³-hybridized carbons (Fsp3) is 0.214. The summed E-state index contributed by atoms with van der Waals surface area (Å²) in [6.07, 6.45) is 1.89. The molecule has 0 atom stereocenters. The van der Waals surface area contributed by atoms with Crippen molar-refractivity contribution >= 4 is 56.2 Å². The van der Waals surface area contributed by atoms with Crippen LogP contribution in [0.4, 0.5) is 11.4 Å². The van der Waals surface area contributed by atoms with E-state index in [2.05, 4.69) is 55.8 Å². The lowest BCUT2D eigenvalue weighted by Crippen LogP contribution is -2.28. The fourth-order valence-corrected chi connectivity index (χ4v) is 4.98. The van der Waals surface area contributed by atoms with Crippen molar-refractivity contribution in [1.29, 1.82) is 0 Å². The standard InChI is InChI=1S/C28H27BrN2O2S/c1-6-33-25-12-9-22(29)15-21(25)16-26-27(32)31(24-11-8-18(3)20(5)14-24)28(34-26)30-23-10-7-17(2)19(4)13-23/h7-16H,6H2,1-5H3. The number of halogens is 1. The van der Waals surface area contributed by atoms with E-state index in [9.17, 15) is 4.79 Å². The largest absolute Gasteiger partial charge is 0.493 e. The van der Waals surface area contributed by atoms with Crippen molar-refractivity contribution in [3.8, 4) is 5.75 Å². The molecule has 0 aromatic heterocycles. The van der Waals surface area contributed by atoms with Crippen molar-refractivity contribution in [3.05, 3.63) is 91.8 Å². The van der Waals surface area contributed by atoms with E-state index in [0.717, 1.165) is 32.7 Å². The first-order valence-electron chi connectivity index (χ1n) is 11.2. The summed E-state index contributed by atoms with van der Waals surface area (Å²) in [6, 6.07) is 18.0. The summed E-state index contributed by atoms with van der Waals surface area (Å²) in [4.78, 5) is 20.9. The molecule has 1 aliphatic heterocycles. The molecule has 0 radical (unpaired) electrons. The molecule has 0 saturated carbocycles. The minimum absolute atomic E-state index is 0.0988. The van der Waals surface area contributed by atoms with Crippen LogP contribution in [0.2, 0.25) is 0 Å². The zero-order chi connectivity index (χ0) is 24.4. The second-order valence-corrected chi connectivity index (χ2v) is 10.2. The van der Waals surface area contributed by atoms with Gasteiger partial charge in [0.1, 0.15) is 5.75 Å². The van der Waals surface area contributed by atoms with Gasteiger partial charge >= 0.3 is 0 Å². The smallest absolute Gasteiger partial charge is 0.271 e. The van der Waals surface area contributed by atoms with Gasteiger partial charge in [0.25, 0.3) is 5.91 Å². The Morgan fingerprint density at radius 2 is 1.65 bits per heavy atom. The molecular weight excluding hydrogens is 508 g/mol. The van der Waals surface area contributed by atoms with Gasteiger partial charge in [0.2, 0.25) is 0 Å². The Morgan fingerprint density at radius 1 is 0.941 bits per heavy atom. The maximum Gasteiger partial charge on any atom is 0.271 e. The molecular formula is C28H27BrN2O2S. The number of amides is 1. The summed E-state index contributed by atoms with van der Waals surface area (Å²) in [5, 5.41) is 0.635. The van der Waals surface area contributed by atoms with Crippen molar-refractivity contribution in [2.45, 2.75) is 34.6 Å². The molecule has 1 fully saturated rings. The third kappa shape index (κ3) is 5.13. The Kier molecular flexibility index (Phi) is 7.29. The SMILES string of the molecule is CCOc1ccc(Br)cc1C=C1SC(=Nc2ccc(C)c(C)c2)N(c2ccc(C)c(C)c2)C1=O. The van der Waals surface area contributed by atoms with Crippen LogP contribution in [0.5, 0.6) is 5.75 Å². The van der Waals surface area contributed by atoms with Crippen LogP contribution in [0.25, 0.3) is 6.08 Å². The van der Waals surface area contributed by atoms with E-state index in [4.69, 9.17) is 9.73 Å². The Balaban J connectivity index is 1.82. The van der Waals surface area contributed by atoms with E-state index >= 15 is 0 Å². The average molecular weight is 536 g/mol. The summed E-state index contributed by atoms with van der Waals surface area (Å²) >= 11 is 4.91. The van der Waals surface area contributed by atoms with Crippen LogP contribution < -0.4 is 9.64 Å². The summed E-state index contributed by atoms with van der Waals surface area (Å²) in [6.45, 7) is 10.8. The molecule has 1 aliphatic rings. The maximum atomic E-state index is 13.7.